The summed E-state index contributed by atoms with van der Waals surface area (Å²) in [5.41, 5.74) is 3.06. The molecule has 0 bridgehead atoms. The van der Waals surface area contributed by atoms with E-state index in [9.17, 15) is 4.79 Å². The molecule has 1 amide bonds. The van der Waals surface area contributed by atoms with Crippen molar-refractivity contribution in [1.29, 1.82) is 0 Å². The number of nitrogens with zero attached hydrogens (tertiary/aromatic N) is 1. The summed E-state index contributed by atoms with van der Waals surface area (Å²) in [5.74, 6) is 0.177. The number of amides is 1. The number of likely N-dealkylation sites (tertiary alicyclic amines) is 1. The van der Waals surface area contributed by atoms with Crippen molar-refractivity contribution in [1.82, 2.24) is 4.90 Å². The number of piperidine rings is 1. The minimum atomic E-state index is 0.177. The van der Waals surface area contributed by atoms with Gasteiger partial charge in [0, 0.05) is 29.9 Å². The molecule has 1 aromatic carbocycles. The Kier molecular flexibility index (Phi) is 4.69. The van der Waals surface area contributed by atoms with Gasteiger partial charge in [-0.3, -0.25) is 4.79 Å². The lowest BCUT2D eigenvalue weighted by molar-refractivity contribution is 0.0510. The Hall–Kier alpha value is -1.51. The van der Waals surface area contributed by atoms with E-state index in [0.29, 0.717) is 12.1 Å². The van der Waals surface area contributed by atoms with Crippen LogP contribution in [0.4, 0.5) is 5.69 Å². The SMILES string of the molecule is CCNc1ccc(C(=O)N2C(C)CCCC2C)cc1C. The van der Waals surface area contributed by atoms with Crippen LogP contribution in [0.1, 0.15) is 56.0 Å². The molecule has 1 saturated heterocycles. The minimum absolute atomic E-state index is 0.177. The molecule has 3 nitrogen and oxygen atoms in total. The summed E-state index contributed by atoms with van der Waals surface area (Å²) in [7, 11) is 0. The van der Waals surface area contributed by atoms with Gasteiger partial charge in [-0.2, -0.15) is 0 Å². The van der Waals surface area contributed by atoms with Crippen molar-refractivity contribution in [2.45, 2.75) is 59.0 Å². The molecule has 3 heteroatoms. The number of benzene rings is 1. The van der Waals surface area contributed by atoms with Crippen LogP contribution in [0.2, 0.25) is 0 Å². The van der Waals surface area contributed by atoms with E-state index in [1.807, 2.05) is 18.2 Å². The summed E-state index contributed by atoms with van der Waals surface area (Å²) in [6.45, 7) is 9.35. The third kappa shape index (κ3) is 2.97. The first-order valence-electron chi connectivity index (χ1n) is 7.71. The normalized spacial score (nSPS) is 22.7. The summed E-state index contributed by atoms with van der Waals surface area (Å²) in [6, 6.07) is 6.67. The van der Waals surface area contributed by atoms with Gasteiger partial charge in [0.05, 0.1) is 0 Å². The van der Waals surface area contributed by atoms with Gasteiger partial charge >= 0.3 is 0 Å². The smallest absolute Gasteiger partial charge is 0.254 e. The number of anilines is 1. The van der Waals surface area contributed by atoms with Crippen molar-refractivity contribution in [3.63, 3.8) is 0 Å². The van der Waals surface area contributed by atoms with Crippen molar-refractivity contribution in [3.05, 3.63) is 29.3 Å². The molecule has 110 valence electrons. The molecule has 1 aliphatic heterocycles. The zero-order valence-corrected chi connectivity index (χ0v) is 13.1. The van der Waals surface area contributed by atoms with Crippen LogP contribution in [0.15, 0.2) is 18.2 Å². The van der Waals surface area contributed by atoms with Crippen LogP contribution >= 0.6 is 0 Å². The Bertz CT molecular complexity index is 474. The van der Waals surface area contributed by atoms with Gasteiger partial charge in [0.25, 0.3) is 5.91 Å². The van der Waals surface area contributed by atoms with Crippen LogP contribution in [0.5, 0.6) is 0 Å². The zero-order chi connectivity index (χ0) is 14.7. The molecular formula is C17H26N2O. The molecule has 1 N–H and O–H groups in total. The number of hydrogen-bond acceptors (Lipinski definition) is 2. The maximum absolute atomic E-state index is 12.7. The lowest BCUT2D eigenvalue weighted by Crippen LogP contribution is -2.47. The second-order valence-electron chi connectivity index (χ2n) is 5.90. The van der Waals surface area contributed by atoms with E-state index < -0.39 is 0 Å². The Morgan fingerprint density at radius 2 is 1.95 bits per heavy atom. The second-order valence-corrected chi connectivity index (χ2v) is 5.90. The van der Waals surface area contributed by atoms with Crippen molar-refractivity contribution >= 4 is 11.6 Å². The van der Waals surface area contributed by atoms with Gasteiger partial charge in [-0.15, -0.1) is 0 Å². The van der Waals surface area contributed by atoms with Gasteiger partial charge in [-0.1, -0.05) is 0 Å². The molecule has 2 rings (SSSR count). The van der Waals surface area contributed by atoms with E-state index in [2.05, 4.69) is 37.9 Å². The maximum atomic E-state index is 12.7. The fourth-order valence-electron chi connectivity index (χ4n) is 3.16. The highest BCUT2D eigenvalue weighted by Gasteiger charge is 2.29. The standard InChI is InChI=1S/C17H26N2O/c1-5-18-16-10-9-15(11-12(16)2)17(20)19-13(3)7-6-8-14(19)4/h9-11,13-14,18H,5-8H2,1-4H3. The lowest BCUT2D eigenvalue weighted by atomic mass is 9.96. The van der Waals surface area contributed by atoms with Gasteiger partial charge in [0.2, 0.25) is 0 Å². The van der Waals surface area contributed by atoms with E-state index in [-0.39, 0.29) is 5.91 Å². The fourth-order valence-corrected chi connectivity index (χ4v) is 3.16. The Balaban J connectivity index is 2.22. The molecule has 0 radical (unpaired) electrons. The van der Waals surface area contributed by atoms with Crippen molar-refractivity contribution in [3.8, 4) is 0 Å². The Morgan fingerprint density at radius 3 is 2.50 bits per heavy atom. The van der Waals surface area contributed by atoms with Crippen molar-refractivity contribution in [2.24, 2.45) is 0 Å². The van der Waals surface area contributed by atoms with Crippen LogP contribution in [0.25, 0.3) is 0 Å². The molecule has 1 aromatic rings. The van der Waals surface area contributed by atoms with Crippen molar-refractivity contribution < 1.29 is 4.79 Å². The summed E-state index contributed by atoms with van der Waals surface area (Å²) < 4.78 is 0. The largest absolute Gasteiger partial charge is 0.385 e. The number of hydrogen-bond donors (Lipinski definition) is 1. The predicted molar refractivity (Wildman–Crippen MR) is 84.3 cm³/mol. The summed E-state index contributed by atoms with van der Waals surface area (Å²) >= 11 is 0. The average molecular weight is 274 g/mol. The highest BCUT2D eigenvalue weighted by atomic mass is 16.2. The molecule has 1 fully saturated rings. The molecular weight excluding hydrogens is 248 g/mol. The molecule has 2 atom stereocenters. The topological polar surface area (TPSA) is 32.3 Å². The molecule has 0 saturated carbocycles. The first kappa shape index (κ1) is 14.9. The number of carbonyl (C=O) groups is 1. The second kappa shape index (κ2) is 6.29. The minimum Gasteiger partial charge on any atom is -0.385 e. The number of nitrogens with one attached hydrogen (secondary N) is 1. The third-order valence-corrected chi connectivity index (χ3v) is 4.27. The van der Waals surface area contributed by atoms with Crippen LogP contribution in [-0.2, 0) is 0 Å². The molecule has 1 aliphatic rings. The molecule has 0 aliphatic carbocycles. The zero-order valence-electron chi connectivity index (χ0n) is 13.1. The molecule has 2 unspecified atom stereocenters. The molecule has 0 spiro atoms. The summed E-state index contributed by atoms with van der Waals surface area (Å²) in [6.07, 6.45) is 3.46. The van der Waals surface area contributed by atoms with Gasteiger partial charge in [-0.05, 0) is 70.7 Å². The van der Waals surface area contributed by atoms with Crippen LogP contribution in [0, 0.1) is 6.92 Å². The van der Waals surface area contributed by atoms with Gasteiger partial charge < -0.3 is 10.2 Å². The fraction of sp³-hybridized carbons (Fsp3) is 0.588. The van der Waals surface area contributed by atoms with Gasteiger partial charge in [0.15, 0.2) is 0 Å². The van der Waals surface area contributed by atoms with Gasteiger partial charge in [-0.25, -0.2) is 0 Å². The molecule has 1 heterocycles. The first-order chi connectivity index (χ1) is 9.54. The molecule has 0 aromatic heterocycles. The third-order valence-electron chi connectivity index (χ3n) is 4.27. The first-order valence-corrected chi connectivity index (χ1v) is 7.71. The van der Waals surface area contributed by atoms with Gasteiger partial charge in [0.1, 0.15) is 0 Å². The monoisotopic (exact) mass is 274 g/mol. The quantitative estimate of drug-likeness (QED) is 0.908. The summed E-state index contributed by atoms with van der Waals surface area (Å²) in [5, 5.41) is 3.31. The lowest BCUT2D eigenvalue weighted by Gasteiger charge is -2.39. The van der Waals surface area contributed by atoms with E-state index >= 15 is 0 Å². The highest BCUT2D eigenvalue weighted by Crippen LogP contribution is 2.26. The van der Waals surface area contributed by atoms with Crippen LogP contribution in [0.3, 0.4) is 0 Å². The van der Waals surface area contributed by atoms with E-state index in [1.54, 1.807) is 0 Å². The predicted octanol–water partition coefficient (Wildman–Crippen LogP) is 3.83. The Morgan fingerprint density at radius 1 is 1.30 bits per heavy atom. The highest BCUT2D eigenvalue weighted by molar-refractivity contribution is 5.95. The number of carbonyl (C=O) groups excluding carboxylic acids is 1. The summed E-state index contributed by atoms with van der Waals surface area (Å²) in [4.78, 5) is 14.8. The Labute approximate surface area is 122 Å². The maximum Gasteiger partial charge on any atom is 0.254 e. The van der Waals surface area contributed by atoms with Crippen molar-refractivity contribution in [2.75, 3.05) is 11.9 Å². The van der Waals surface area contributed by atoms with Crippen LogP contribution < -0.4 is 5.32 Å². The van der Waals surface area contributed by atoms with E-state index in [4.69, 9.17) is 0 Å². The molecule has 20 heavy (non-hydrogen) atoms. The number of aryl methyl sites for hydroxylation is 1. The number of rotatable bonds is 3. The van der Waals surface area contributed by atoms with E-state index in [0.717, 1.165) is 36.2 Å². The average Bonchev–Trinajstić information content (AvgIpc) is 2.41. The van der Waals surface area contributed by atoms with E-state index in [1.165, 1.54) is 6.42 Å². The van der Waals surface area contributed by atoms with Crippen LogP contribution in [-0.4, -0.2) is 29.4 Å².